The maximum absolute atomic E-state index is 14.0. The van der Waals surface area contributed by atoms with Gasteiger partial charge in [0.15, 0.2) is 0 Å². The van der Waals surface area contributed by atoms with Crippen LogP contribution in [0.3, 0.4) is 0 Å². The molecular weight excluding hydrogens is 488 g/mol. The molecule has 0 unspecified atom stereocenters. The third kappa shape index (κ3) is 5.20. The monoisotopic (exact) mass is 524 g/mol. The number of hydrogen-bond donors (Lipinski definition) is 1. The van der Waals surface area contributed by atoms with Gasteiger partial charge in [0.25, 0.3) is 0 Å². The molecule has 2 aliphatic rings. The number of methoxy groups -OCH3 is 3. The molecule has 4 rings (SSSR count). The molecule has 1 saturated heterocycles. The number of hydrogen-bond acceptors (Lipinski definition) is 7. The molecule has 0 spiro atoms. The predicted molar refractivity (Wildman–Crippen MR) is 143 cm³/mol. The topological polar surface area (TPSA) is 103 Å². The zero-order chi connectivity index (χ0) is 27.7. The van der Waals surface area contributed by atoms with E-state index in [9.17, 15) is 14.4 Å². The number of nitrogens with one attached hydrogen (secondary N) is 1. The zero-order valence-corrected chi connectivity index (χ0v) is 22.8. The number of benzene rings is 2. The molecule has 1 fully saturated rings. The number of esters is 1. The van der Waals surface area contributed by atoms with Crippen molar-refractivity contribution in [3.8, 4) is 5.75 Å². The number of amides is 2. The van der Waals surface area contributed by atoms with Gasteiger partial charge in [-0.1, -0.05) is 45.1 Å². The van der Waals surface area contributed by atoms with E-state index in [1.54, 1.807) is 14.2 Å². The van der Waals surface area contributed by atoms with Crippen molar-refractivity contribution in [1.82, 2.24) is 10.2 Å². The number of rotatable bonds is 3. The Hall–Kier alpha value is -3.59. The first kappa shape index (κ1) is 27.4. The number of carbonyl (C=O) groups is 3. The molecule has 2 aromatic carbocycles. The van der Waals surface area contributed by atoms with Crippen molar-refractivity contribution >= 4 is 34.8 Å². The third-order valence-corrected chi connectivity index (χ3v) is 7.38. The summed E-state index contributed by atoms with van der Waals surface area (Å²) < 4.78 is 22.1. The Morgan fingerprint density at radius 1 is 1.11 bits per heavy atom. The summed E-state index contributed by atoms with van der Waals surface area (Å²) in [5.74, 6) is -0.225. The van der Waals surface area contributed by atoms with Crippen LogP contribution in [0.4, 0.5) is 4.79 Å². The van der Waals surface area contributed by atoms with Crippen LogP contribution in [-0.4, -0.2) is 69.4 Å². The smallest absolute Gasteiger partial charge is 0.407 e. The molecule has 2 aromatic rings. The predicted octanol–water partition coefficient (Wildman–Crippen LogP) is 4.02. The van der Waals surface area contributed by atoms with Gasteiger partial charge in [-0.05, 0) is 46.4 Å². The minimum Gasteiger partial charge on any atom is -0.496 e. The molecule has 5 bridgehead atoms. The Morgan fingerprint density at radius 3 is 2.53 bits per heavy atom. The molecule has 0 aliphatic carbocycles. The standard InChI is InChI=1S/C29H36N2O7/c1-28(2,3)24-25(32)31-17-29(37-6,16-22(31)26(33)36-5)21-11-10-18-15-23(35-4)19(13-20(18)14-21)9-7-8-12-38-27(34)30-24/h7,9-11,13-15,22,24H,8,12,16-17H2,1-6H3,(H,30,34)/t22-,24+,29-/m0/s1. The van der Waals surface area contributed by atoms with Crippen LogP contribution < -0.4 is 10.1 Å². The number of carbonyl (C=O) groups excluding carboxylic acids is 3. The van der Waals surface area contributed by atoms with Gasteiger partial charge < -0.3 is 29.2 Å². The van der Waals surface area contributed by atoms with Crippen LogP contribution in [0.1, 0.15) is 44.7 Å². The number of fused-ring (bicyclic) bond motifs is 5. The van der Waals surface area contributed by atoms with Crippen molar-refractivity contribution in [1.29, 1.82) is 0 Å². The second-order valence-corrected chi connectivity index (χ2v) is 10.8. The Kier molecular flexibility index (Phi) is 7.69. The normalized spacial score (nSPS) is 24.3. The summed E-state index contributed by atoms with van der Waals surface area (Å²) in [6.07, 6.45) is 3.83. The van der Waals surface area contributed by atoms with Gasteiger partial charge in [0.1, 0.15) is 23.4 Å². The first-order valence-electron chi connectivity index (χ1n) is 12.7. The first-order valence-corrected chi connectivity index (χ1v) is 12.7. The van der Waals surface area contributed by atoms with E-state index >= 15 is 0 Å². The van der Waals surface area contributed by atoms with Crippen molar-refractivity contribution in [3.05, 3.63) is 47.5 Å². The summed E-state index contributed by atoms with van der Waals surface area (Å²) in [6.45, 7) is 5.79. The van der Waals surface area contributed by atoms with Crippen LogP contribution in [0.2, 0.25) is 0 Å². The number of nitrogens with zero attached hydrogens (tertiary/aromatic N) is 1. The van der Waals surface area contributed by atoms with Crippen molar-refractivity contribution in [2.75, 3.05) is 34.5 Å². The van der Waals surface area contributed by atoms with Crippen LogP contribution in [0.25, 0.3) is 16.8 Å². The Labute approximate surface area is 223 Å². The van der Waals surface area contributed by atoms with E-state index in [-0.39, 0.29) is 19.6 Å². The van der Waals surface area contributed by atoms with E-state index in [1.807, 2.05) is 63.3 Å². The summed E-state index contributed by atoms with van der Waals surface area (Å²) >= 11 is 0. The molecule has 0 saturated carbocycles. The number of cyclic esters (lactones) is 1. The van der Waals surface area contributed by atoms with E-state index in [4.69, 9.17) is 18.9 Å². The van der Waals surface area contributed by atoms with E-state index in [2.05, 4.69) is 5.32 Å². The van der Waals surface area contributed by atoms with Crippen molar-refractivity contribution in [3.63, 3.8) is 0 Å². The molecule has 204 valence electrons. The van der Waals surface area contributed by atoms with Gasteiger partial charge in [-0.2, -0.15) is 0 Å². The highest BCUT2D eigenvalue weighted by Crippen LogP contribution is 2.42. The fraction of sp³-hybridized carbons (Fsp3) is 0.483. The zero-order valence-electron chi connectivity index (χ0n) is 22.8. The summed E-state index contributed by atoms with van der Waals surface area (Å²) in [6, 6.07) is 8.12. The third-order valence-electron chi connectivity index (χ3n) is 7.38. The lowest BCUT2D eigenvalue weighted by molar-refractivity contribution is -0.152. The number of ether oxygens (including phenoxy) is 4. The quantitative estimate of drug-likeness (QED) is 0.605. The largest absolute Gasteiger partial charge is 0.496 e. The Balaban J connectivity index is 1.88. The van der Waals surface area contributed by atoms with Crippen LogP contribution in [0.5, 0.6) is 5.75 Å². The van der Waals surface area contributed by atoms with Gasteiger partial charge in [0.2, 0.25) is 5.91 Å². The van der Waals surface area contributed by atoms with Crippen molar-refractivity contribution in [2.45, 2.75) is 51.3 Å². The molecule has 9 heteroatoms. The highest BCUT2D eigenvalue weighted by atomic mass is 16.5. The maximum atomic E-state index is 14.0. The van der Waals surface area contributed by atoms with E-state index in [0.29, 0.717) is 6.42 Å². The van der Waals surface area contributed by atoms with Gasteiger partial charge in [0, 0.05) is 19.1 Å². The molecule has 0 radical (unpaired) electrons. The molecule has 2 aliphatic heterocycles. The lowest BCUT2D eigenvalue weighted by Gasteiger charge is -2.35. The first-order chi connectivity index (χ1) is 18.0. The van der Waals surface area contributed by atoms with Crippen LogP contribution in [0.15, 0.2) is 36.4 Å². The van der Waals surface area contributed by atoms with Gasteiger partial charge in [-0.3, -0.25) is 4.79 Å². The molecule has 38 heavy (non-hydrogen) atoms. The molecule has 1 N–H and O–H groups in total. The summed E-state index contributed by atoms with van der Waals surface area (Å²) in [5.41, 5.74) is 0.0869. The average molecular weight is 525 g/mol. The van der Waals surface area contributed by atoms with Gasteiger partial charge in [-0.15, -0.1) is 0 Å². The average Bonchev–Trinajstić information content (AvgIpc) is 3.30. The summed E-state index contributed by atoms with van der Waals surface area (Å²) in [4.78, 5) is 41.1. The molecule has 9 nitrogen and oxygen atoms in total. The van der Waals surface area contributed by atoms with Gasteiger partial charge in [0.05, 0.1) is 27.4 Å². The molecule has 3 atom stereocenters. The summed E-state index contributed by atoms with van der Waals surface area (Å²) in [7, 11) is 4.50. The molecular formula is C29H36N2O7. The van der Waals surface area contributed by atoms with Crippen LogP contribution >= 0.6 is 0 Å². The molecule has 2 heterocycles. The van der Waals surface area contributed by atoms with E-state index in [0.717, 1.165) is 27.6 Å². The number of alkyl carbamates (subject to hydrolysis) is 1. The van der Waals surface area contributed by atoms with Gasteiger partial charge in [-0.25, -0.2) is 9.59 Å². The Morgan fingerprint density at radius 2 is 1.87 bits per heavy atom. The molecule has 2 amide bonds. The van der Waals surface area contributed by atoms with Crippen molar-refractivity contribution < 1.29 is 33.3 Å². The molecule has 0 aromatic heterocycles. The fourth-order valence-corrected chi connectivity index (χ4v) is 5.21. The minimum absolute atomic E-state index is 0.111. The Bertz CT molecular complexity index is 1270. The second kappa shape index (κ2) is 10.6. The fourth-order valence-electron chi connectivity index (χ4n) is 5.21. The van der Waals surface area contributed by atoms with Gasteiger partial charge >= 0.3 is 12.1 Å². The SMILES string of the molecule is COC(=O)[C@@H]1C[C@]2(OC)CN1C(=O)[C@H](C(C)(C)C)NC(=O)OCCC=Cc1cc3cc2ccc3cc1OC. The highest BCUT2D eigenvalue weighted by molar-refractivity contribution is 5.92. The maximum Gasteiger partial charge on any atom is 0.407 e. The highest BCUT2D eigenvalue weighted by Gasteiger charge is 2.53. The second-order valence-electron chi connectivity index (χ2n) is 10.8. The lowest BCUT2D eigenvalue weighted by atomic mass is 9.85. The van der Waals surface area contributed by atoms with E-state index < -0.39 is 41.1 Å². The lowest BCUT2D eigenvalue weighted by Crippen LogP contribution is -2.57. The van der Waals surface area contributed by atoms with Crippen LogP contribution in [0, 0.1) is 5.41 Å². The van der Waals surface area contributed by atoms with Crippen LogP contribution in [-0.2, 0) is 29.4 Å². The van der Waals surface area contributed by atoms with Crippen molar-refractivity contribution in [2.24, 2.45) is 5.41 Å². The minimum atomic E-state index is -0.963. The van der Waals surface area contributed by atoms with E-state index in [1.165, 1.54) is 12.0 Å². The summed E-state index contributed by atoms with van der Waals surface area (Å²) in [5, 5.41) is 4.67.